The van der Waals surface area contributed by atoms with Crippen molar-refractivity contribution in [1.29, 1.82) is 0 Å². The fraction of sp³-hybridized carbons (Fsp3) is 0.652. The van der Waals surface area contributed by atoms with E-state index in [2.05, 4.69) is 6.92 Å². The predicted molar refractivity (Wildman–Crippen MR) is 110 cm³/mol. The molecule has 0 aliphatic carbocycles. The van der Waals surface area contributed by atoms with Gasteiger partial charge in [0, 0.05) is 12.0 Å². The van der Waals surface area contributed by atoms with Crippen molar-refractivity contribution < 1.29 is 19.1 Å². The Bertz CT molecular complexity index is 602. The van der Waals surface area contributed by atoms with E-state index in [1.54, 1.807) is 0 Å². The van der Waals surface area contributed by atoms with Crippen molar-refractivity contribution in [1.82, 2.24) is 4.90 Å². The minimum Gasteiger partial charge on any atom is -0.447 e. The fourth-order valence-corrected chi connectivity index (χ4v) is 3.39. The van der Waals surface area contributed by atoms with Crippen LogP contribution in [0.3, 0.4) is 0 Å². The molecular formula is C23H35NO4. The SMILES string of the molecule is CCCCCCCCCCCC(=O)c1cccc(COCN2CCOC2=O)c1. The molecule has 1 aliphatic heterocycles. The monoisotopic (exact) mass is 389 g/mol. The van der Waals surface area contributed by atoms with Crippen LogP contribution in [0, 0.1) is 0 Å². The van der Waals surface area contributed by atoms with Gasteiger partial charge in [0.25, 0.3) is 0 Å². The summed E-state index contributed by atoms with van der Waals surface area (Å²) in [6, 6.07) is 7.61. The van der Waals surface area contributed by atoms with Gasteiger partial charge in [-0.3, -0.25) is 9.69 Å². The Morgan fingerprint density at radius 2 is 1.79 bits per heavy atom. The zero-order valence-electron chi connectivity index (χ0n) is 17.3. The van der Waals surface area contributed by atoms with Crippen molar-refractivity contribution in [2.45, 2.75) is 77.7 Å². The van der Waals surface area contributed by atoms with Crippen LogP contribution in [-0.4, -0.2) is 36.7 Å². The van der Waals surface area contributed by atoms with Gasteiger partial charge in [-0.15, -0.1) is 0 Å². The molecule has 0 aromatic heterocycles. The molecule has 1 aromatic carbocycles. The van der Waals surface area contributed by atoms with Gasteiger partial charge in [0.15, 0.2) is 5.78 Å². The third kappa shape index (κ3) is 8.42. The number of carbonyl (C=O) groups excluding carboxylic acids is 2. The van der Waals surface area contributed by atoms with Gasteiger partial charge in [-0.25, -0.2) is 4.79 Å². The van der Waals surface area contributed by atoms with Gasteiger partial charge < -0.3 is 9.47 Å². The summed E-state index contributed by atoms with van der Waals surface area (Å²) in [5.41, 5.74) is 1.70. The van der Waals surface area contributed by atoms with Crippen molar-refractivity contribution in [3.63, 3.8) is 0 Å². The minimum atomic E-state index is -0.329. The van der Waals surface area contributed by atoms with Crippen LogP contribution in [0.2, 0.25) is 0 Å². The number of carbonyl (C=O) groups is 2. The number of amides is 1. The molecule has 5 nitrogen and oxygen atoms in total. The first-order valence-electron chi connectivity index (χ1n) is 10.8. The van der Waals surface area contributed by atoms with E-state index in [9.17, 15) is 9.59 Å². The summed E-state index contributed by atoms with van der Waals surface area (Å²) in [6.07, 6.45) is 11.6. The van der Waals surface area contributed by atoms with Gasteiger partial charge >= 0.3 is 6.09 Å². The highest BCUT2D eigenvalue weighted by atomic mass is 16.6. The summed E-state index contributed by atoms with van der Waals surface area (Å²) in [5, 5.41) is 0. The molecule has 1 aromatic rings. The quantitative estimate of drug-likeness (QED) is 0.284. The maximum absolute atomic E-state index is 12.4. The van der Waals surface area contributed by atoms with Crippen LogP contribution in [-0.2, 0) is 16.1 Å². The molecule has 5 heteroatoms. The molecule has 1 heterocycles. The number of ether oxygens (including phenoxy) is 2. The summed E-state index contributed by atoms with van der Waals surface area (Å²) < 4.78 is 10.4. The minimum absolute atomic E-state index is 0.202. The second-order valence-corrected chi connectivity index (χ2v) is 7.56. The van der Waals surface area contributed by atoms with Crippen LogP contribution in [0.15, 0.2) is 24.3 Å². The molecule has 1 fully saturated rings. The Labute approximate surface area is 169 Å². The number of nitrogens with zero attached hydrogens (tertiary/aromatic N) is 1. The van der Waals surface area contributed by atoms with Gasteiger partial charge in [0.1, 0.15) is 13.3 Å². The molecule has 0 saturated carbocycles. The predicted octanol–water partition coefficient (Wildman–Crippen LogP) is 5.72. The average Bonchev–Trinajstić information content (AvgIpc) is 3.11. The van der Waals surface area contributed by atoms with Crippen LogP contribution < -0.4 is 0 Å². The van der Waals surface area contributed by atoms with E-state index in [1.165, 1.54) is 49.8 Å². The molecular weight excluding hydrogens is 354 g/mol. The van der Waals surface area contributed by atoms with E-state index >= 15 is 0 Å². The lowest BCUT2D eigenvalue weighted by molar-refractivity contribution is 0.0422. The van der Waals surface area contributed by atoms with E-state index in [0.717, 1.165) is 24.0 Å². The number of rotatable bonds is 15. The van der Waals surface area contributed by atoms with Crippen LogP contribution in [0.4, 0.5) is 4.79 Å². The Kier molecular flexibility index (Phi) is 10.7. The van der Waals surface area contributed by atoms with Gasteiger partial charge in [0.05, 0.1) is 13.2 Å². The molecule has 1 aliphatic rings. The topological polar surface area (TPSA) is 55.8 Å². The number of cyclic esters (lactones) is 1. The van der Waals surface area contributed by atoms with E-state index in [0.29, 0.717) is 26.2 Å². The number of hydrogen-bond donors (Lipinski definition) is 0. The maximum Gasteiger partial charge on any atom is 0.411 e. The Hall–Kier alpha value is -1.88. The molecule has 2 rings (SSSR count). The van der Waals surface area contributed by atoms with Gasteiger partial charge in [-0.05, 0) is 18.1 Å². The van der Waals surface area contributed by atoms with E-state index in [1.807, 2.05) is 24.3 Å². The number of ketones is 1. The van der Waals surface area contributed by atoms with Crippen molar-refractivity contribution in [3.8, 4) is 0 Å². The number of benzene rings is 1. The summed E-state index contributed by atoms with van der Waals surface area (Å²) in [6.45, 7) is 3.82. The Morgan fingerprint density at radius 3 is 2.46 bits per heavy atom. The lowest BCUT2D eigenvalue weighted by atomic mass is 10.0. The van der Waals surface area contributed by atoms with Crippen molar-refractivity contribution in [2.75, 3.05) is 19.9 Å². The second kappa shape index (κ2) is 13.3. The molecule has 28 heavy (non-hydrogen) atoms. The van der Waals surface area contributed by atoms with Gasteiger partial charge in [-0.2, -0.15) is 0 Å². The largest absolute Gasteiger partial charge is 0.447 e. The first-order valence-corrected chi connectivity index (χ1v) is 10.8. The van der Waals surface area contributed by atoms with E-state index < -0.39 is 0 Å². The number of unbranched alkanes of at least 4 members (excludes halogenated alkanes) is 8. The molecule has 0 radical (unpaired) electrons. The van der Waals surface area contributed by atoms with Gasteiger partial charge in [0.2, 0.25) is 0 Å². The third-order valence-electron chi connectivity index (χ3n) is 5.12. The van der Waals surface area contributed by atoms with Crippen LogP contribution in [0.25, 0.3) is 0 Å². The Morgan fingerprint density at radius 1 is 1.07 bits per heavy atom. The lowest BCUT2D eigenvalue weighted by Crippen LogP contribution is -2.26. The first kappa shape index (κ1) is 22.4. The smallest absolute Gasteiger partial charge is 0.411 e. The van der Waals surface area contributed by atoms with Crippen LogP contribution in [0.1, 0.15) is 87.1 Å². The number of hydrogen-bond acceptors (Lipinski definition) is 4. The molecule has 0 unspecified atom stereocenters. The first-order chi connectivity index (χ1) is 13.7. The fourth-order valence-electron chi connectivity index (χ4n) is 3.39. The van der Waals surface area contributed by atoms with Crippen LogP contribution >= 0.6 is 0 Å². The van der Waals surface area contributed by atoms with Crippen molar-refractivity contribution in [3.05, 3.63) is 35.4 Å². The highest BCUT2D eigenvalue weighted by molar-refractivity contribution is 5.96. The zero-order valence-corrected chi connectivity index (χ0v) is 17.3. The molecule has 0 spiro atoms. The lowest BCUT2D eigenvalue weighted by Gasteiger charge is -2.13. The van der Waals surface area contributed by atoms with Crippen molar-refractivity contribution >= 4 is 11.9 Å². The standard InChI is InChI=1S/C23H35NO4/c1-2-3-4-5-6-7-8-9-10-14-22(25)21-13-11-12-20(17-21)18-27-19-24-15-16-28-23(24)26/h11-13,17H,2-10,14-16,18-19H2,1H3. The molecule has 1 saturated heterocycles. The third-order valence-corrected chi connectivity index (χ3v) is 5.12. The molecule has 156 valence electrons. The molecule has 1 amide bonds. The summed E-state index contributed by atoms with van der Waals surface area (Å²) in [5.74, 6) is 0.202. The Balaban J connectivity index is 1.59. The molecule has 0 N–H and O–H groups in total. The van der Waals surface area contributed by atoms with E-state index in [4.69, 9.17) is 9.47 Å². The number of Topliss-reactive ketones (excluding diaryl/α,β-unsaturated/α-hetero) is 1. The summed E-state index contributed by atoms with van der Waals surface area (Å²) >= 11 is 0. The average molecular weight is 390 g/mol. The summed E-state index contributed by atoms with van der Waals surface area (Å²) in [4.78, 5) is 25.3. The van der Waals surface area contributed by atoms with Crippen molar-refractivity contribution in [2.24, 2.45) is 0 Å². The molecule has 0 atom stereocenters. The zero-order chi connectivity index (χ0) is 20.0. The van der Waals surface area contributed by atoms with Gasteiger partial charge in [-0.1, -0.05) is 76.5 Å². The van der Waals surface area contributed by atoms with Crippen LogP contribution in [0.5, 0.6) is 0 Å². The molecule has 0 bridgehead atoms. The maximum atomic E-state index is 12.4. The highest BCUT2D eigenvalue weighted by Crippen LogP contribution is 2.14. The second-order valence-electron chi connectivity index (χ2n) is 7.56. The normalized spacial score (nSPS) is 13.8. The highest BCUT2D eigenvalue weighted by Gasteiger charge is 2.21. The van der Waals surface area contributed by atoms with E-state index in [-0.39, 0.29) is 18.6 Å². The summed E-state index contributed by atoms with van der Waals surface area (Å²) in [7, 11) is 0.